The largest absolute Gasteiger partial charge is 0.302 e. The van der Waals surface area contributed by atoms with E-state index in [-0.39, 0.29) is 0 Å². The van der Waals surface area contributed by atoms with Crippen LogP contribution in [0.5, 0.6) is 0 Å². The van der Waals surface area contributed by atoms with Gasteiger partial charge in [-0.3, -0.25) is 0 Å². The molecule has 0 aliphatic carbocycles. The van der Waals surface area contributed by atoms with Gasteiger partial charge in [0.05, 0.1) is 0 Å². The molecule has 0 aromatic carbocycles. The highest BCUT2D eigenvalue weighted by atomic mass is 35.7. The molecule has 0 aromatic heterocycles. The minimum absolute atomic E-state index is 0.456. The van der Waals surface area contributed by atoms with Crippen molar-refractivity contribution in [3.8, 4) is 0 Å². The van der Waals surface area contributed by atoms with Gasteiger partial charge in [-0.25, -0.2) is 0 Å². The molecule has 48 valence electrons. The van der Waals surface area contributed by atoms with E-state index in [9.17, 15) is 4.57 Å². The van der Waals surface area contributed by atoms with Crippen LogP contribution < -0.4 is 0 Å². The lowest BCUT2D eigenvalue weighted by molar-refractivity contribution is 0.590. The standard InChI is InChI=1S/C4H7Cl2OP/c1-2-8(6,7)4-3-5/h3-4H,2H2,1H3/b4-3+. The van der Waals surface area contributed by atoms with E-state index < -0.39 is 6.49 Å². The summed E-state index contributed by atoms with van der Waals surface area (Å²) in [6.45, 7) is -0.759. The van der Waals surface area contributed by atoms with Gasteiger partial charge in [0.15, 0.2) is 6.49 Å². The number of halogens is 2. The van der Waals surface area contributed by atoms with Crippen molar-refractivity contribution in [1.29, 1.82) is 0 Å². The fourth-order valence-electron chi connectivity index (χ4n) is 0.190. The Labute approximate surface area is 58.8 Å². The van der Waals surface area contributed by atoms with Crippen molar-refractivity contribution in [2.75, 3.05) is 6.16 Å². The maximum atomic E-state index is 10.8. The van der Waals surface area contributed by atoms with E-state index in [0.717, 1.165) is 0 Å². The Bertz CT molecular complexity index is 132. The Balaban J connectivity index is 3.93. The summed E-state index contributed by atoms with van der Waals surface area (Å²) in [5, 5.41) is 0. The molecular formula is C4H7Cl2OP. The summed E-state index contributed by atoms with van der Waals surface area (Å²) in [4.78, 5) is 0. The van der Waals surface area contributed by atoms with Crippen LogP contribution in [0.1, 0.15) is 6.92 Å². The first-order valence-electron chi connectivity index (χ1n) is 2.18. The molecule has 0 aliphatic heterocycles. The molecule has 0 saturated carbocycles. The first-order chi connectivity index (χ1) is 3.62. The van der Waals surface area contributed by atoms with Gasteiger partial charge in [-0.05, 0) is 11.2 Å². The molecule has 0 radical (unpaired) electrons. The molecule has 0 N–H and O–H groups in total. The van der Waals surface area contributed by atoms with Crippen molar-refractivity contribution in [2.45, 2.75) is 6.92 Å². The summed E-state index contributed by atoms with van der Waals surface area (Å²) in [6, 6.07) is 0. The molecule has 1 unspecified atom stereocenters. The second-order valence-corrected chi connectivity index (χ2v) is 5.60. The second-order valence-electron chi connectivity index (χ2n) is 1.29. The van der Waals surface area contributed by atoms with Crippen LogP contribution in [0.25, 0.3) is 0 Å². The molecule has 4 heteroatoms. The van der Waals surface area contributed by atoms with Gasteiger partial charge in [0.25, 0.3) is 0 Å². The Hall–Kier alpha value is 0.550. The zero-order valence-electron chi connectivity index (χ0n) is 4.47. The minimum Gasteiger partial charge on any atom is -0.302 e. The van der Waals surface area contributed by atoms with Gasteiger partial charge in [-0.2, -0.15) is 0 Å². The van der Waals surface area contributed by atoms with Gasteiger partial charge >= 0.3 is 0 Å². The molecule has 0 amide bonds. The van der Waals surface area contributed by atoms with Gasteiger partial charge in [0.1, 0.15) is 0 Å². The summed E-state index contributed by atoms with van der Waals surface area (Å²) >= 11 is 10.5. The van der Waals surface area contributed by atoms with E-state index in [2.05, 4.69) is 0 Å². The number of rotatable bonds is 2. The first-order valence-corrected chi connectivity index (χ1v) is 5.49. The van der Waals surface area contributed by atoms with E-state index in [1.165, 1.54) is 11.4 Å². The van der Waals surface area contributed by atoms with Gasteiger partial charge < -0.3 is 4.57 Å². The third-order valence-electron chi connectivity index (χ3n) is 0.710. The van der Waals surface area contributed by atoms with Crippen molar-refractivity contribution in [3.05, 3.63) is 11.4 Å². The van der Waals surface area contributed by atoms with Crippen LogP contribution in [-0.2, 0) is 4.57 Å². The van der Waals surface area contributed by atoms with Crippen LogP contribution in [0.4, 0.5) is 0 Å². The average Bonchev–Trinajstić information content (AvgIpc) is 1.67. The zero-order valence-corrected chi connectivity index (χ0v) is 6.88. The Morgan fingerprint density at radius 2 is 2.25 bits per heavy atom. The predicted octanol–water partition coefficient (Wildman–Crippen LogP) is 3.23. The van der Waals surface area contributed by atoms with Gasteiger partial charge in [-0.1, -0.05) is 18.5 Å². The maximum absolute atomic E-state index is 10.8. The van der Waals surface area contributed by atoms with Crippen LogP contribution in [0.15, 0.2) is 11.4 Å². The molecule has 0 bridgehead atoms. The van der Waals surface area contributed by atoms with Crippen molar-refractivity contribution in [1.82, 2.24) is 0 Å². The second kappa shape index (κ2) is 3.55. The maximum Gasteiger partial charge on any atom is 0.191 e. The van der Waals surface area contributed by atoms with Crippen molar-refractivity contribution in [2.24, 2.45) is 0 Å². The normalized spacial score (nSPS) is 18.9. The quantitative estimate of drug-likeness (QED) is 0.585. The van der Waals surface area contributed by atoms with Crippen LogP contribution in [0.2, 0.25) is 0 Å². The summed E-state index contributed by atoms with van der Waals surface area (Å²) in [6.07, 6.45) is 0.456. The topological polar surface area (TPSA) is 17.1 Å². The van der Waals surface area contributed by atoms with Crippen molar-refractivity contribution in [3.63, 3.8) is 0 Å². The molecule has 0 aliphatic rings. The van der Waals surface area contributed by atoms with E-state index >= 15 is 0 Å². The predicted molar refractivity (Wildman–Crippen MR) is 39.0 cm³/mol. The fourth-order valence-corrected chi connectivity index (χ4v) is 1.46. The van der Waals surface area contributed by atoms with Gasteiger partial charge in [0, 0.05) is 17.5 Å². The molecule has 0 heterocycles. The summed E-state index contributed by atoms with van der Waals surface area (Å²) in [5.74, 6) is 1.33. The molecule has 1 atom stereocenters. The molecule has 0 aromatic rings. The highest BCUT2D eigenvalue weighted by Crippen LogP contribution is 2.52. The molecule has 0 rings (SSSR count). The molecule has 0 fully saturated rings. The third kappa shape index (κ3) is 3.54. The monoisotopic (exact) mass is 172 g/mol. The lowest BCUT2D eigenvalue weighted by Gasteiger charge is -1.95. The van der Waals surface area contributed by atoms with Crippen molar-refractivity contribution < 1.29 is 4.57 Å². The van der Waals surface area contributed by atoms with E-state index in [1.54, 1.807) is 6.92 Å². The SMILES string of the molecule is CCP(=O)(Cl)/C=C/Cl. The third-order valence-corrected chi connectivity index (χ3v) is 3.52. The van der Waals surface area contributed by atoms with Gasteiger partial charge in [-0.15, -0.1) is 0 Å². The molecular weight excluding hydrogens is 166 g/mol. The first kappa shape index (κ1) is 8.55. The summed E-state index contributed by atoms with van der Waals surface area (Å²) in [7, 11) is 0. The lowest BCUT2D eigenvalue weighted by Crippen LogP contribution is -1.67. The lowest BCUT2D eigenvalue weighted by atomic mass is 11.0. The van der Waals surface area contributed by atoms with Gasteiger partial charge in [0.2, 0.25) is 0 Å². The Morgan fingerprint density at radius 3 is 2.38 bits per heavy atom. The van der Waals surface area contributed by atoms with Crippen LogP contribution in [0.3, 0.4) is 0 Å². The summed E-state index contributed by atoms with van der Waals surface area (Å²) in [5.41, 5.74) is 1.19. The van der Waals surface area contributed by atoms with Crippen LogP contribution >= 0.6 is 29.3 Å². The minimum atomic E-state index is -2.51. The molecule has 1 nitrogen and oxygen atoms in total. The number of hydrogen-bond donors (Lipinski definition) is 0. The highest BCUT2D eigenvalue weighted by Gasteiger charge is 2.07. The zero-order chi connectivity index (χ0) is 6.62. The highest BCUT2D eigenvalue weighted by molar-refractivity contribution is 7.91. The van der Waals surface area contributed by atoms with Crippen LogP contribution in [-0.4, -0.2) is 6.16 Å². The molecule has 0 saturated heterocycles. The number of hydrogen-bond acceptors (Lipinski definition) is 1. The van der Waals surface area contributed by atoms with Crippen LogP contribution in [0, 0.1) is 0 Å². The summed E-state index contributed by atoms with van der Waals surface area (Å²) < 4.78 is 10.8. The smallest absolute Gasteiger partial charge is 0.191 e. The Morgan fingerprint density at radius 1 is 1.75 bits per heavy atom. The van der Waals surface area contributed by atoms with E-state index in [4.69, 9.17) is 22.8 Å². The fraction of sp³-hybridized carbons (Fsp3) is 0.500. The molecule has 8 heavy (non-hydrogen) atoms. The average molecular weight is 173 g/mol. The van der Waals surface area contributed by atoms with Crippen molar-refractivity contribution >= 4 is 29.3 Å². The Kier molecular flexibility index (Phi) is 3.80. The molecule has 0 spiro atoms. The van der Waals surface area contributed by atoms with E-state index in [1.807, 2.05) is 0 Å². The van der Waals surface area contributed by atoms with E-state index in [0.29, 0.717) is 6.16 Å².